The zero-order valence-electron chi connectivity index (χ0n) is 13.2. The quantitative estimate of drug-likeness (QED) is 0.875. The third-order valence-corrected chi connectivity index (χ3v) is 4.28. The number of amides is 1. The normalized spacial score (nSPS) is 15.4. The Morgan fingerprint density at radius 3 is 2.61 bits per heavy atom. The fourth-order valence-corrected chi connectivity index (χ4v) is 2.98. The van der Waals surface area contributed by atoms with Crippen molar-refractivity contribution < 1.29 is 4.79 Å². The third-order valence-electron chi connectivity index (χ3n) is 4.05. The lowest BCUT2D eigenvalue weighted by atomic mass is 10.0. The number of rotatable bonds is 6. The van der Waals surface area contributed by atoms with Crippen LogP contribution in [0.1, 0.15) is 30.0 Å². The van der Waals surface area contributed by atoms with Crippen LogP contribution in [-0.2, 0) is 11.3 Å². The lowest BCUT2D eigenvalue weighted by Gasteiger charge is -2.27. The van der Waals surface area contributed by atoms with Crippen molar-refractivity contribution >= 4 is 17.5 Å². The van der Waals surface area contributed by atoms with Crippen LogP contribution in [0.15, 0.2) is 54.6 Å². The maximum Gasteiger partial charge on any atom is 0.242 e. The standard InChI is InChI=1S/C19H21ClN2O/c1-22(13-14-6-5-9-16(20)12-14)18(15-7-3-2-4-8-15)19(23)21-17-10-11-17/h2-9,12,17-18H,10-11,13H2,1H3,(H,21,23)/t18-/m1/s1. The predicted octanol–water partition coefficient (Wildman–Crippen LogP) is 3.79. The van der Waals surface area contributed by atoms with Gasteiger partial charge in [0.1, 0.15) is 6.04 Å². The number of benzene rings is 2. The molecule has 0 radical (unpaired) electrons. The molecule has 3 nitrogen and oxygen atoms in total. The smallest absolute Gasteiger partial charge is 0.242 e. The summed E-state index contributed by atoms with van der Waals surface area (Å²) < 4.78 is 0. The van der Waals surface area contributed by atoms with Gasteiger partial charge < -0.3 is 5.32 Å². The number of halogens is 1. The number of nitrogens with zero attached hydrogens (tertiary/aromatic N) is 1. The van der Waals surface area contributed by atoms with Crippen LogP contribution < -0.4 is 5.32 Å². The summed E-state index contributed by atoms with van der Waals surface area (Å²) in [5, 5.41) is 3.84. The highest BCUT2D eigenvalue weighted by molar-refractivity contribution is 6.30. The van der Waals surface area contributed by atoms with Gasteiger partial charge in [-0.05, 0) is 43.1 Å². The molecule has 1 atom stereocenters. The molecule has 0 saturated heterocycles. The molecule has 2 aromatic rings. The van der Waals surface area contributed by atoms with Crippen molar-refractivity contribution in [2.24, 2.45) is 0 Å². The van der Waals surface area contributed by atoms with Crippen molar-refractivity contribution in [2.75, 3.05) is 7.05 Å². The Bertz CT molecular complexity index is 670. The molecule has 0 spiro atoms. The molecule has 1 fully saturated rings. The molecule has 0 heterocycles. The van der Waals surface area contributed by atoms with Crippen LogP contribution in [0, 0.1) is 0 Å². The van der Waals surface area contributed by atoms with Gasteiger partial charge in [-0.3, -0.25) is 9.69 Å². The number of hydrogen-bond acceptors (Lipinski definition) is 2. The van der Waals surface area contributed by atoms with Gasteiger partial charge in [0, 0.05) is 17.6 Å². The molecule has 0 unspecified atom stereocenters. The van der Waals surface area contributed by atoms with E-state index in [2.05, 4.69) is 10.2 Å². The maximum absolute atomic E-state index is 12.7. The first kappa shape index (κ1) is 16.0. The first-order valence-corrected chi connectivity index (χ1v) is 8.31. The summed E-state index contributed by atoms with van der Waals surface area (Å²) in [7, 11) is 1.98. The highest BCUT2D eigenvalue weighted by Crippen LogP contribution is 2.25. The monoisotopic (exact) mass is 328 g/mol. The number of likely N-dealkylation sites (N-methyl/N-ethyl adjacent to an activating group) is 1. The van der Waals surface area contributed by atoms with Gasteiger partial charge in [0.2, 0.25) is 5.91 Å². The van der Waals surface area contributed by atoms with E-state index in [1.54, 1.807) is 0 Å². The zero-order valence-corrected chi connectivity index (χ0v) is 14.0. The summed E-state index contributed by atoms with van der Waals surface area (Å²) in [6.45, 7) is 0.665. The summed E-state index contributed by atoms with van der Waals surface area (Å²) in [6, 6.07) is 17.8. The topological polar surface area (TPSA) is 32.3 Å². The Labute approximate surface area is 142 Å². The highest BCUT2D eigenvalue weighted by atomic mass is 35.5. The number of carbonyl (C=O) groups excluding carboxylic acids is 1. The van der Waals surface area contributed by atoms with Crippen molar-refractivity contribution in [1.29, 1.82) is 0 Å². The van der Waals surface area contributed by atoms with Crippen LogP contribution in [0.2, 0.25) is 5.02 Å². The van der Waals surface area contributed by atoms with Crippen molar-refractivity contribution in [3.05, 3.63) is 70.7 Å². The van der Waals surface area contributed by atoms with Crippen LogP contribution >= 0.6 is 11.6 Å². The lowest BCUT2D eigenvalue weighted by Crippen LogP contribution is -2.39. The molecule has 0 aromatic heterocycles. The summed E-state index contributed by atoms with van der Waals surface area (Å²) in [4.78, 5) is 14.8. The second kappa shape index (κ2) is 7.16. The number of hydrogen-bond donors (Lipinski definition) is 1. The summed E-state index contributed by atoms with van der Waals surface area (Å²) >= 11 is 6.07. The van der Waals surface area contributed by atoms with E-state index < -0.39 is 0 Å². The van der Waals surface area contributed by atoms with Gasteiger partial charge in [0.05, 0.1) is 0 Å². The number of nitrogens with one attached hydrogen (secondary N) is 1. The van der Waals surface area contributed by atoms with Gasteiger partial charge in [-0.25, -0.2) is 0 Å². The molecule has 120 valence electrons. The molecule has 1 saturated carbocycles. The van der Waals surface area contributed by atoms with Gasteiger partial charge >= 0.3 is 0 Å². The lowest BCUT2D eigenvalue weighted by molar-refractivity contribution is -0.126. The molecule has 0 aliphatic heterocycles. The molecule has 3 rings (SSSR count). The zero-order chi connectivity index (χ0) is 16.2. The van der Waals surface area contributed by atoms with Gasteiger partial charge in [-0.1, -0.05) is 54.1 Å². The third kappa shape index (κ3) is 4.34. The van der Waals surface area contributed by atoms with Gasteiger partial charge in [-0.2, -0.15) is 0 Å². The summed E-state index contributed by atoms with van der Waals surface area (Å²) in [6.07, 6.45) is 2.18. The van der Waals surface area contributed by atoms with Crippen molar-refractivity contribution in [1.82, 2.24) is 10.2 Å². The average Bonchev–Trinajstić information content (AvgIpc) is 3.32. The molecule has 1 aliphatic rings. The molecule has 23 heavy (non-hydrogen) atoms. The van der Waals surface area contributed by atoms with E-state index in [1.165, 1.54) is 0 Å². The Hall–Kier alpha value is -1.84. The molecule has 0 bridgehead atoms. The van der Waals surface area contributed by atoms with Crippen molar-refractivity contribution in [2.45, 2.75) is 31.5 Å². The first-order valence-electron chi connectivity index (χ1n) is 7.93. The summed E-state index contributed by atoms with van der Waals surface area (Å²) in [5.74, 6) is 0.0724. The minimum Gasteiger partial charge on any atom is -0.352 e. The minimum absolute atomic E-state index is 0.0724. The Balaban J connectivity index is 1.80. The SMILES string of the molecule is CN(Cc1cccc(Cl)c1)[C@@H](C(=O)NC1CC1)c1ccccc1. The van der Waals surface area contributed by atoms with E-state index in [0.29, 0.717) is 12.6 Å². The van der Waals surface area contributed by atoms with Crippen LogP contribution in [0.5, 0.6) is 0 Å². The van der Waals surface area contributed by atoms with E-state index in [-0.39, 0.29) is 11.9 Å². The van der Waals surface area contributed by atoms with Crippen LogP contribution in [0.25, 0.3) is 0 Å². The van der Waals surface area contributed by atoms with Crippen molar-refractivity contribution in [3.63, 3.8) is 0 Å². The first-order chi connectivity index (χ1) is 11.1. The fourth-order valence-electron chi connectivity index (χ4n) is 2.76. The molecule has 1 amide bonds. The van der Waals surface area contributed by atoms with Crippen molar-refractivity contribution in [3.8, 4) is 0 Å². The maximum atomic E-state index is 12.7. The van der Waals surface area contributed by atoms with E-state index >= 15 is 0 Å². The Morgan fingerprint density at radius 1 is 1.22 bits per heavy atom. The molecular weight excluding hydrogens is 308 g/mol. The van der Waals surface area contributed by atoms with E-state index in [0.717, 1.165) is 29.0 Å². The fraction of sp³-hybridized carbons (Fsp3) is 0.316. The molecular formula is C19H21ClN2O. The van der Waals surface area contributed by atoms with E-state index in [4.69, 9.17) is 11.6 Å². The van der Waals surface area contributed by atoms with Gasteiger partial charge in [0.15, 0.2) is 0 Å². The van der Waals surface area contributed by atoms with Crippen LogP contribution in [0.4, 0.5) is 0 Å². The highest BCUT2D eigenvalue weighted by Gasteiger charge is 2.30. The van der Waals surface area contributed by atoms with Crippen LogP contribution in [-0.4, -0.2) is 23.9 Å². The van der Waals surface area contributed by atoms with Gasteiger partial charge in [0.25, 0.3) is 0 Å². The number of carbonyl (C=O) groups is 1. The average molecular weight is 329 g/mol. The van der Waals surface area contributed by atoms with Gasteiger partial charge in [-0.15, -0.1) is 0 Å². The second-order valence-electron chi connectivity index (χ2n) is 6.14. The molecule has 1 N–H and O–H groups in total. The summed E-state index contributed by atoms with van der Waals surface area (Å²) in [5.41, 5.74) is 2.11. The van der Waals surface area contributed by atoms with E-state index in [1.807, 2.05) is 61.6 Å². The molecule has 2 aromatic carbocycles. The predicted molar refractivity (Wildman–Crippen MR) is 93.3 cm³/mol. The second-order valence-corrected chi connectivity index (χ2v) is 6.58. The van der Waals surface area contributed by atoms with E-state index in [9.17, 15) is 4.79 Å². The Kier molecular flexibility index (Phi) is 4.99. The minimum atomic E-state index is -0.296. The Morgan fingerprint density at radius 2 is 1.96 bits per heavy atom. The largest absolute Gasteiger partial charge is 0.352 e. The van der Waals surface area contributed by atoms with Crippen LogP contribution in [0.3, 0.4) is 0 Å². The molecule has 1 aliphatic carbocycles. The molecule has 4 heteroatoms.